The molecule has 0 saturated heterocycles. The lowest BCUT2D eigenvalue weighted by atomic mass is 10.1. The van der Waals surface area contributed by atoms with Gasteiger partial charge in [0, 0.05) is 6.04 Å². The Morgan fingerprint density at radius 1 is 1.00 bits per heavy atom. The zero-order chi connectivity index (χ0) is 18.4. The Kier molecular flexibility index (Phi) is 5.64. The second-order valence-electron chi connectivity index (χ2n) is 6.36. The minimum atomic E-state index is -0.0422. The molecule has 3 aromatic rings. The molecule has 132 valence electrons. The third-order valence-electron chi connectivity index (χ3n) is 4.32. The molecule has 0 spiro atoms. The third kappa shape index (κ3) is 4.70. The lowest BCUT2D eigenvalue weighted by molar-refractivity contribution is -0.115. The Balaban J connectivity index is 1.57. The third-order valence-corrected chi connectivity index (χ3v) is 4.32. The van der Waals surface area contributed by atoms with E-state index < -0.39 is 0 Å². The molecule has 0 fully saturated rings. The minimum Gasteiger partial charge on any atom is -0.364 e. The summed E-state index contributed by atoms with van der Waals surface area (Å²) in [5.41, 5.74) is 4.05. The van der Waals surface area contributed by atoms with Gasteiger partial charge in [-0.25, -0.2) is 4.98 Å². The first-order chi connectivity index (χ1) is 12.6. The van der Waals surface area contributed by atoms with Gasteiger partial charge in [-0.05, 0) is 42.7 Å². The van der Waals surface area contributed by atoms with Gasteiger partial charge in [0.15, 0.2) is 0 Å². The van der Waals surface area contributed by atoms with Gasteiger partial charge in [-0.3, -0.25) is 4.79 Å². The van der Waals surface area contributed by atoms with Gasteiger partial charge < -0.3 is 10.6 Å². The number of nitrogens with zero attached hydrogens (tertiary/aromatic N) is 1. The van der Waals surface area contributed by atoms with Gasteiger partial charge in [0.1, 0.15) is 5.82 Å². The van der Waals surface area contributed by atoms with E-state index in [9.17, 15) is 4.79 Å². The largest absolute Gasteiger partial charge is 0.364 e. The van der Waals surface area contributed by atoms with Crippen molar-refractivity contribution in [3.8, 4) is 0 Å². The van der Waals surface area contributed by atoms with Gasteiger partial charge in [0.25, 0.3) is 0 Å². The molecule has 0 saturated carbocycles. The number of hydrogen-bond acceptors (Lipinski definition) is 3. The second-order valence-corrected chi connectivity index (χ2v) is 6.36. The molecule has 2 aromatic carbocycles. The zero-order valence-corrected chi connectivity index (χ0v) is 15.1. The van der Waals surface area contributed by atoms with Crippen molar-refractivity contribution in [3.63, 3.8) is 0 Å². The van der Waals surface area contributed by atoms with Crippen LogP contribution in [-0.4, -0.2) is 10.9 Å². The summed E-state index contributed by atoms with van der Waals surface area (Å²) in [4.78, 5) is 16.6. The second kappa shape index (κ2) is 8.30. The molecule has 4 heteroatoms. The van der Waals surface area contributed by atoms with Crippen LogP contribution in [-0.2, 0) is 11.2 Å². The number of benzene rings is 2. The molecule has 3 rings (SSSR count). The number of pyridine rings is 1. The van der Waals surface area contributed by atoms with Crippen LogP contribution in [0.15, 0.2) is 72.9 Å². The van der Waals surface area contributed by atoms with Crippen molar-refractivity contribution >= 4 is 17.4 Å². The first-order valence-electron chi connectivity index (χ1n) is 8.74. The number of carbonyl (C=O) groups excluding carboxylic acids is 1. The average molecular weight is 345 g/mol. The molecule has 2 N–H and O–H groups in total. The number of carbonyl (C=O) groups is 1. The van der Waals surface area contributed by atoms with E-state index >= 15 is 0 Å². The van der Waals surface area contributed by atoms with Crippen molar-refractivity contribution in [2.75, 3.05) is 10.6 Å². The van der Waals surface area contributed by atoms with Gasteiger partial charge in [0.2, 0.25) is 5.91 Å². The predicted octanol–water partition coefficient (Wildman–Crippen LogP) is 4.74. The van der Waals surface area contributed by atoms with Crippen molar-refractivity contribution in [3.05, 3.63) is 89.6 Å². The lowest BCUT2D eigenvalue weighted by Gasteiger charge is -2.15. The highest BCUT2D eigenvalue weighted by Crippen LogP contribution is 2.18. The van der Waals surface area contributed by atoms with E-state index in [0.29, 0.717) is 12.1 Å². The van der Waals surface area contributed by atoms with Crippen LogP contribution in [0.2, 0.25) is 0 Å². The van der Waals surface area contributed by atoms with E-state index in [1.165, 1.54) is 5.56 Å². The molecule has 1 heterocycles. The van der Waals surface area contributed by atoms with E-state index in [4.69, 9.17) is 0 Å². The smallest absolute Gasteiger partial charge is 0.228 e. The number of aryl methyl sites for hydroxylation is 1. The van der Waals surface area contributed by atoms with Crippen molar-refractivity contribution in [2.45, 2.75) is 26.3 Å². The Hall–Kier alpha value is -3.14. The highest BCUT2D eigenvalue weighted by molar-refractivity contribution is 5.92. The summed E-state index contributed by atoms with van der Waals surface area (Å²) in [6.45, 7) is 4.10. The Bertz CT molecular complexity index is 860. The highest BCUT2D eigenvalue weighted by atomic mass is 16.1. The zero-order valence-electron chi connectivity index (χ0n) is 15.1. The molecule has 0 bridgehead atoms. The van der Waals surface area contributed by atoms with Gasteiger partial charge in [-0.2, -0.15) is 0 Å². The SMILES string of the molecule is Cc1ccccc1CC(=O)Nc1ccc(NC(C)c2ccccc2)nc1. The number of rotatable bonds is 6. The maximum Gasteiger partial charge on any atom is 0.228 e. The summed E-state index contributed by atoms with van der Waals surface area (Å²) >= 11 is 0. The number of anilines is 2. The van der Waals surface area contributed by atoms with Crippen LogP contribution < -0.4 is 10.6 Å². The van der Waals surface area contributed by atoms with Crippen LogP contribution in [0.4, 0.5) is 11.5 Å². The average Bonchev–Trinajstić information content (AvgIpc) is 2.66. The highest BCUT2D eigenvalue weighted by Gasteiger charge is 2.08. The molecular formula is C22H23N3O. The molecule has 1 amide bonds. The van der Waals surface area contributed by atoms with Crippen molar-refractivity contribution < 1.29 is 4.79 Å². The minimum absolute atomic E-state index is 0.0422. The first-order valence-corrected chi connectivity index (χ1v) is 8.74. The summed E-state index contributed by atoms with van der Waals surface area (Å²) in [5, 5.41) is 6.26. The van der Waals surface area contributed by atoms with Crippen LogP contribution >= 0.6 is 0 Å². The molecule has 0 aliphatic rings. The van der Waals surface area contributed by atoms with Crippen molar-refractivity contribution in [1.29, 1.82) is 0 Å². The molecule has 1 unspecified atom stereocenters. The standard InChI is InChI=1S/C22H23N3O/c1-16-8-6-7-11-19(16)14-22(26)25-20-12-13-21(23-15-20)24-17(2)18-9-4-3-5-10-18/h3-13,15,17H,14H2,1-2H3,(H,23,24)(H,25,26). The molecular weight excluding hydrogens is 322 g/mol. The summed E-state index contributed by atoms with van der Waals surface area (Å²) in [5.74, 6) is 0.734. The monoisotopic (exact) mass is 345 g/mol. The van der Waals surface area contributed by atoms with E-state index in [0.717, 1.165) is 16.9 Å². The molecule has 0 aliphatic heterocycles. The predicted molar refractivity (Wildman–Crippen MR) is 106 cm³/mol. The van der Waals surface area contributed by atoms with E-state index in [-0.39, 0.29) is 11.9 Å². The fourth-order valence-electron chi connectivity index (χ4n) is 2.79. The quantitative estimate of drug-likeness (QED) is 0.678. The molecule has 1 aromatic heterocycles. The van der Waals surface area contributed by atoms with Crippen LogP contribution in [0.5, 0.6) is 0 Å². The lowest BCUT2D eigenvalue weighted by Crippen LogP contribution is -2.15. The number of nitrogens with one attached hydrogen (secondary N) is 2. The van der Waals surface area contributed by atoms with Gasteiger partial charge in [-0.1, -0.05) is 54.6 Å². The Labute approximate surface area is 154 Å². The van der Waals surface area contributed by atoms with Crippen molar-refractivity contribution in [2.24, 2.45) is 0 Å². The van der Waals surface area contributed by atoms with Crippen molar-refractivity contribution in [1.82, 2.24) is 4.98 Å². The van der Waals surface area contributed by atoms with Gasteiger partial charge in [0.05, 0.1) is 18.3 Å². The normalized spacial score (nSPS) is 11.6. The molecule has 0 aliphatic carbocycles. The number of aromatic nitrogens is 1. The van der Waals surface area contributed by atoms with E-state index in [1.54, 1.807) is 6.20 Å². The van der Waals surface area contributed by atoms with E-state index in [1.807, 2.05) is 61.5 Å². The van der Waals surface area contributed by atoms with Crippen LogP contribution in [0, 0.1) is 6.92 Å². The number of hydrogen-bond donors (Lipinski definition) is 2. The number of amides is 1. The van der Waals surface area contributed by atoms with Crippen LogP contribution in [0.3, 0.4) is 0 Å². The van der Waals surface area contributed by atoms with Crippen LogP contribution in [0.25, 0.3) is 0 Å². The Morgan fingerprint density at radius 2 is 1.73 bits per heavy atom. The molecule has 26 heavy (non-hydrogen) atoms. The summed E-state index contributed by atoms with van der Waals surface area (Å²) in [6, 6.07) is 22.0. The fraction of sp³-hybridized carbons (Fsp3) is 0.182. The topological polar surface area (TPSA) is 54.0 Å². The summed E-state index contributed by atoms with van der Waals surface area (Å²) < 4.78 is 0. The fourth-order valence-corrected chi connectivity index (χ4v) is 2.79. The van der Waals surface area contributed by atoms with Gasteiger partial charge >= 0.3 is 0 Å². The molecule has 1 atom stereocenters. The molecule has 4 nitrogen and oxygen atoms in total. The van der Waals surface area contributed by atoms with Gasteiger partial charge in [-0.15, -0.1) is 0 Å². The summed E-state index contributed by atoms with van der Waals surface area (Å²) in [6.07, 6.45) is 2.04. The van der Waals surface area contributed by atoms with E-state index in [2.05, 4.69) is 34.7 Å². The maximum absolute atomic E-state index is 12.2. The van der Waals surface area contributed by atoms with Crippen LogP contribution in [0.1, 0.15) is 29.7 Å². The maximum atomic E-state index is 12.2. The first kappa shape index (κ1) is 17.7. The molecule has 0 radical (unpaired) electrons. The summed E-state index contributed by atoms with van der Waals surface area (Å²) in [7, 11) is 0. The Morgan fingerprint density at radius 3 is 2.42 bits per heavy atom.